The van der Waals surface area contributed by atoms with Gasteiger partial charge in [0.15, 0.2) is 0 Å². The third kappa shape index (κ3) is 2.26. The van der Waals surface area contributed by atoms with Crippen LogP contribution in [0.5, 0.6) is 0 Å². The van der Waals surface area contributed by atoms with Crippen LogP contribution < -0.4 is 10.6 Å². The van der Waals surface area contributed by atoms with E-state index in [1.54, 1.807) is 0 Å². The average Bonchev–Trinajstić information content (AvgIpc) is 1.69. The lowest BCUT2D eigenvalue weighted by molar-refractivity contribution is 0.120. The van der Waals surface area contributed by atoms with Gasteiger partial charge >= 0.3 is 0 Å². The minimum absolute atomic E-state index is 0. The van der Waals surface area contributed by atoms with Gasteiger partial charge in [-0.05, 0) is 0 Å². The average molecular weight is 118 g/mol. The second kappa shape index (κ2) is 3.83. The van der Waals surface area contributed by atoms with Gasteiger partial charge in [-0.2, -0.15) is 0 Å². The predicted molar refractivity (Wildman–Crippen MR) is 33.6 cm³/mol. The summed E-state index contributed by atoms with van der Waals surface area (Å²) >= 11 is 0. The Kier molecular flexibility index (Phi) is 3.77. The van der Waals surface area contributed by atoms with Crippen LogP contribution in [0, 0.1) is 0 Å². The number of hydrogen-bond donors (Lipinski definition) is 3. The van der Waals surface area contributed by atoms with E-state index in [2.05, 4.69) is 10.6 Å². The number of hydrogen-bond acceptors (Lipinski definition) is 3. The highest BCUT2D eigenvalue weighted by Crippen LogP contribution is 1.77. The first kappa shape index (κ1) is 7.88. The highest BCUT2D eigenvalue weighted by atomic mass is 16.3. The summed E-state index contributed by atoms with van der Waals surface area (Å²) in [6, 6.07) is 0. The Morgan fingerprint density at radius 1 is 1.38 bits per heavy atom. The maximum atomic E-state index is 8.74. The molecule has 3 nitrogen and oxygen atoms in total. The largest absolute Gasteiger partial charge is 0.377 e. The summed E-state index contributed by atoms with van der Waals surface area (Å²) in [5.41, 5.74) is 0. The van der Waals surface area contributed by atoms with Gasteiger partial charge in [-0.25, -0.2) is 0 Å². The van der Waals surface area contributed by atoms with Crippen LogP contribution in [0.3, 0.4) is 0 Å². The van der Waals surface area contributed by atoms with E-state index in [-0.39, 0.29) is 13.7 Å². The first-order valence-corrected chi connectivity index (χ1v) is 2.52. The van der Waals surface area contributed by atoms with Crippen LogP contribution in [0.25, 0.3) is 0 Å². The normalized spacial score (nSPS) is 28.9. The summed E-state index contributed by atoms with van der Waals surface area (Å²) in [7, 11) is 0. The molecule has 50 valence electrons. The molecule has 0 saturated carbocycles. The van der Waals surface area contributed by atoms with Gasteiger partial charge in [0.2, 0.25) is 0 Å². The molecule has 1 heterocycles. The standard InChI is InChI=1S/C4H10N2O.CH4/c7-4-3-5-1-2-6-4;/h4-7H,1-3H2;1H4. The van der Waals surface area contributed by atoms with Crippen molar-refractivity contribution >= 4 is 0 Å². The van der Waals surface area contributed by atoms with Crippen molar-refractivity contribution in [2.45, 2.75) is 13.7 Å². The fraction of sp³-hybridized carbons (Fsp3) is 1.00. The SMILES string of the molecule is C.OC1CNCCN1. The first-order chi connectivity index (χ1) is 3.39. The van der Waals surface area contributed by atoms with E-state index in [1.165, 1.54) is 0 Å². The van der Waals surface area contributed by atoms with Crippen LogP contribution in [-0.2, 0) is 0 Å². The smallest absolute Gasteiger partial charge is 0.117 e. The summed E-state index contributed by atoms with van der Waals surface area (Å²) in [4.78, 5) is 0. The molecule has 0 radical (unpaired) electrons. The van der Waals surface area contributed by atoms with Crippen LogP contribution in [0.1, 0.15) is 7.43 Å². The Balaban J connectivity index is 0.000000490. The van der Waals surface area contributed by atoms with Crippen LogP contribution in [0.2, 0.25) is 0 Å². The molecular weight excluding hydrogens is 104 g/mol. The molecule has 1 aliphatic heterocycles. The predicted octanol–water partition coefficient (Wildman–Crippen LogP) is -0.866. The summed E-state index contributed by atoms with van der Waals surface area (Å²) in [5.74, 6) is 0. The maximum absolute atomic E-state index is 8.74. The zero-order valence-corrected chi connectivity index (χ0v) is 4.15. The Morgan fingerprint density at radius 2 is 2.12 bits per heavy atom. The van der Waals surface area contributed by atoms with Crippen molar-refractivity contribution in [3.63, 3.8) is 0 Å². The van der Waals surface area contributed by atoms with E-state index in [4.69, 9.17) is 5.11 Å². The molecular formula is C5H14N2O. The van der Waals surface area contributed by atoms with Crippen molar-refractivity contribution in [3.05, 3.63) is 0 Å². The zero-order chi connectivity index (χ0) is 5.11. The van der Waals surface area contributed by atoms with E-state index in [1.807, 2.05) is 0 Å². The van der Waals surface area contributed by atoms with Crippen molar-refractivity contribution in [1.29, 1.82) is 0 Å². The molecule has 0 aromatic rings. The quantitative estimate of drug-likeness (QED) is 0.387. The van der Waals surface area contributed by atoms with Crippen LogP contribution in [-0.4, -0.2) is 31.0 Å². The summed E-state index contributed by atoms with van der Waals surface area (Å²) in [5, 5.41) is 14.6. The van der Waals surface area contributed by atoms with Gasteiger partial charge in [-0.15, -0.1) is 0 Å². The van der Waals surface area contributed by atoms with Gasteiger partial charge in [0.25, 0.3) is 0 Å². The molecule has 0 spiro atoms. The molecule has 0 amide bonds. The van der Waals surface area contributed by atoms with Crippen molar-refractivity contribution in [1.82, 2.24) is 10.6 Å². The van der Waals surface area contributed by atoms with Crippen LogP contribution in [0.15, 0.2) is 0 Å². The van der Waals surface area contributed by atoms with Crippen LogP contribution >= 0.6 is 0 Å². The molecule has 1 atom stereocenters. The lowest BCUT2D eigenvalue weighted by Crippen LogP contribution is -2.47. The Morgan fingerprint density at radius 3 is 2.38 bits per heavy atom. The molecule has 0 aromatic carbocycles. The number of aliphatic hydroxyl groups is 1. The molecule has 1 aliphatic rings. The third-order valence-electron chi connectivity index (χ3n) is 1.02. The zero-order valence-electron chi connectivity index (χ0n) is 4.15. The van der Waals surface area contributed by atoms with Gasteiger partial charge in [0, 0.05) is 19.6 Å². The molecule has 3 N–H and O–H groups in total. The summed E-state index contributed by atoms with van der Waals surface area (Å²) in [6.07, 6.45) is -0.325. The number of rotatable bonds is 0. The van der Waals surface area contributed by atoms with Crippen molar-refractivity contribution in [2.24, 2.45) is 0 Å². The van der Waals surface area contributed by atoms with E-state index in [0.717, 1.165) is 13.1 Å². The maximum Gasteiger partial charge on any atom is 0.117 e. The third-order valence-corrected chi connectivity index (χ3v) is 1.02. The summed E-state index contributed by atoms with van der Waals surface area (Å²) < 4.78 is 0. The van der Waals surface area contributed by atoms with Crippen molar-refractivity contribution < 1.29 is 5.11 Å². The Bertz CT molecular complexity index is 52.4. The van der Waals surface area contributed by atoms with E-state index >= 15 is 0 Å². The van der Waals surface area contributed by atoms with Gasteiger partial charge in [-0.3, -0.25) is 5.32 Å². The first-order valence-electron chi connectivity index (χ1n) is 2.52. The van der Waals surface area contributed by atoms with Gasteiger partial charge in [0.05, 0.1) is 0 Å². The number of aliphatic hydroxyl groups excluding tert-OH is 1. The number of β-amino-alcohol motifs (C(OH)–C–C–N with tert-alkyl or cyclic N) is 1. The minimum atomic E-state index is -0.325. The van der Waals surface area contributed by atoms with Gasteiger partial charge < -0.3 is 10.4 Å². The lowest BCUT2D eigenvalue weighted by Gasteiger charge is -2.18. The molecule has 1 fully saturated rings. The van der Waals surface area contributed by atoms with Crippen LogP contribution in [0.4, 0.5) is 0 Å². The monoisotopic (exact) mass is 118 g/mol. The van der Waals surface area contributed by atoms with Crippen molar-refractivity contribution in [2.75, 3.05) is 19.6 Å². The van der Waals surface area contributed by atoms with Gasteiger partial charge in [-0.1, -0.05) is 7.43 Å². The Labute approximate surface area is 50.1 Å². The Hall–Kier alpha value is -0.120. The molecule has 0 bridgehead atoms. The molecule has 1 saturated heterocycles. The molecule has 1 unspecified atom stereocenters. The van der Waals surface area contributed by atoms with E-state index < -0.39 is 0 Å². The highest BCUT2D eigenvalue weighted by Gasteiger charge is 2.04. The molecule has 8 heavy (non-hydrogen) atoms. The van der Waals surface area contributed by atoms with Crippen molar-refractivity contribution in [3.8, 4) is 0 Å². The summed E-state index contributed by atoms with van der Waals surface area (Å²) in [6.45, 7) is 2.53. The topological polar surface area (TPSA) is 44.3 Å². The molecule has 3 heteroatoms. The second-order valence-electron chi connectivity index (χ2n) is 1.67. The number of nitrogens with one attached hydrogen (secondary N) is 2. The number of piperazine rings is 1. The lowest BCUT2D eigenvalue weighted by atomic mass is 10.4. The highest BCUT2D eigenvalue weighted by molar-refractivity contribution is 4.64. The molecule has 0 aromatic heterocycles. The second-order valence-corrected chi connectivity index (χ2v) is 1.67. The van der Waals surface area contributed by atoms with Gasteiger partial charge in [0.1, 0.15) is 6.23 Å². The molecule has 1 rings (SSSR count). The molecule has 0 aliphatic carbocycles. The fourth-order valence-electron chi connectivity index (χ4n) is 0.638. The van der Waals surface area contributed by atoms with E-state index in [0.29, 0.717) is 6.54 Å². The fourth-order valence-corrected chi connectivity index (χ4v) is 0.638. The van der Waals surface area contributed by atoms with E-state index in [9.17, 15) is 0 Å². The minimum Gasteiger partial charge on any atom is -0.377 e.